The van der Waals surface area contributed by atoms with Crippen molar-refractivity contribution < 1.29 is 57.7 Å². The van der Waals surface area contributed by atoms with Gasteiger partial charge < -0.3 is 28.7 Å². The zero-order valence-corrected chi connectivity index (χ0v) is 23.9. The van der Waals surface area contributed by atoms with E-state index in [0.29, 0.717) is 31.0 Å². The molecule has 1 aliphatic heterocycles. The smallest absolute Gasteiger partial charge is 0.547 e. The van der Waals surface area contributed by atoms with E-state index in [4.69, 9.17) is 9.47 Å². The van der Waals surface area contributed by atoms with Crippen LogP contribution in [0.15, 0.2) is 55.0 Å². The van der Waals surface area contributed by atoms with Gasteiger partial charge in [0, 0.05) is 67.6 Å². The quantitative estimate of drug-likeness (QED) is 0.286. The molecule has 0 radical (unpaired) electrons. The number of ether oxygens (including phenoxy) is 2. The summed E-state index contributed by atoms with van der Waals surface area (Å²) in [6.45, 7) is -0.160. The normalized spacial score (nSPS) is 14.8. The van der Waals surface area contributed by atoms with Gasteiger partial charge in [-0.2, -0.15) is 8.78 Å². The van der Waals surface area contributed by atoms with Gasteiger partial charge in [-0.1, -0.05) is 18.2 Å². The van der Waals surface area contributed by atoms with Crippen molar-refractivity contribution in [2.75, 3.05) is 25.1 Å². The molecule has 4 aromatic rings. The Morgan fingerprint density at radius 2 is 1.79 bits per heavy atom. The number of carboxylic acids is 1. The fourth-order valence-corrected chi connectivity index (χ4v) is 4.83. The summed E-state index contributed by atoms with van der Waals surface area (Å²) in [4.78, 5) is 27.1. The minimum Gasteiger partial charge on any atom is -0.547 e. The number of carbonyl (C=O) groups excluding carboxylic acids is 1. The molecular weight excluding hydrogens is 519 g/mol. The van der Waals surface area contributed by atoms with Gasteiger partial charge in [-0.3, -0.25) is 0 Å². The van der Waals surface area contributed by atoms with Crippen LogP contribution in [0, 0.1) is 6.92 Å². The largest absolute Gasteiger partial charge is 1.00 e. The van der Waals surface area contributed by atoms with Crippen molar-refractivity contribution in [2.24, 2.45) is 0 Å². The molecular formula is C27H26F2N5NaO4. The van der Waals surface area contributed by atoms with Crippen molar-refractivity contribution in [3.8, 4) is 16.9 Å². The average molecular weight is 546 g/mol. The Kier molecular flexibility index (Phi) is 8.85. The van der Waals surface area contributed by atoms with E-state index >= 15 is 0 Å². The fraction of sp³-hybridized carbons (Fsp3) is 0.333. The van der Waals surface area contributed by atoms with Crippen molar-refractivity contribution >= 4 is 17.6 Å². The number of piperidine rings is 1. The Labute approximate surface area is 246 Å². The second kappa shape index (κ2) is 12.0. The number of carboxylic acid groups (broad SMARTS) is 1. The van der Waals surface area contributed by atoms with Gasteiger partial charge >= 0.3 is 36.2 Å². The minimum absolute atomic E-state index is 0. The summed E-state index contributed by atoms with van der Waals surface area (Å²) in [5.74, 6) is -0.560. The summed E-state index contributed by atoms with van der Waals surface area (Å²) in [5.41, 5.74) is 3.36. The maximum absolute atomic E-state index is 12.9. The van der Waals surface area contributed by atoms with Gasteiger partial charge in [0.05, 0.1) is 11.7 Å². The Bertz CT molecular complexity index is 1460. The summed E-state index contributed by atoms with van der Waals surface area (Å²) < 4.78 is 37.7. The molecule has 0 N–H and O–H groups in total. The molecule has 0 bridgehead atoms. The van der Waals surface area contributed by atoms with Gasteiger partial charge in [0.1, 0.15) is 17.0 Å². The predicted molar refractivity (Wildman–Crippen MR) is 133 cm³/mol. The number of alkyl halides is 2. The summed E-state index contributed by atoms with van der Waals surface area (Å²) in [6.07, 6.45) is 6.28. The van der Waals surface area contributed by atoms with Gasteiger partial charge in [0.2, 0.25) is 5.95 Å². The van der Waals surface area contributed by atoms with E-state index in [1.54, 1.807) is 30.6 Å². The maximum Gasteiger partial charge on any atom is 1.00 e. The van der Waals surface area contributed by atoms with Crippen LogP contribution >= 0.6 is 0 Å². The van der Waals surface area contributed by atoms with Crippen molar-refractivity contribution in [1.82, 2.24) is 19.4 Å². The molecule has 9 nitrogen and oxygen atoms in total. The number of rotatable bonds is 8. The minimum atomic E-state index is -2.91. The molecule has 0 saturated carbocycles. The van der Waals surface area contributed by atoms with Gasteiger partial charge in [0.25, 0.3) is 0 Å². The molecule has 0 spiro atoms. The van der Waals surface area contributed by atoms with Crippen LogP contribution in [0.25, 0.3) is 16.8 Å². The molecule has 5 rings (SSSR count). The van der Waals surface area contributed by atoms with Crippen LogP contribution < -0.4 is 44.3 Å². The second-order valence-electron chi connectivity index (χ2n) is 9.20. The number of methoxy groups -OCH3 is 1. The van der Waals surface area contributed by atoms with E-state index in [-0.39, 0.29) is 48.1 Å². The van der Waals surface area contributed by atoms with Gasteiger partial charge in [-0.15, -0.1) is 0 Å². The number of benzene rings is 1. The number of hydrogen-bond acceptors (Lipinski definition) is 8. The Hall–Kier alpha value is -3.12. The topological polar surface area (TPSA) is 105 Å². The SMILES string of the molecule is COC1(C(=O)[O-])CCN(c2ncc(-c3ccc4nc(C)c(Cc5ccccc5OC(F)F)n4c3)cn2)CC1.[Na+]. The summed E-state index contributed by atoms with van der Waals surface area (Å²) in [6, 6.07) is 10.5. The number of pyridine rings is 1. The average Bonchev–Trinajstić information content (AvgIpc) is 3.23. The summed E-state index contributed by atoms with van der Waals surface area (Å²) in [5, 5.41) is 11.5. The number of halogens is 2. The Balaban J connectivity index is 0.00000353. The van der Waals surface area contributed by atoms with Crippen molar-refractivity contribution in [3.05, 3.63) is 71.9 Å². The summed E-state index contributed by atoms with van der Waals surface area (Å²) >= 11 is 0. The number of carbonyl (C=O) groups is 1. The molecule has 4 heterocycles. The first-order chi connectivity index (χ1) is 18.3. The number of aryl methyl sites for hydroxylation is 1. The molecule has 0 aliphatic carbocycles. The van der Waals surface area contributed by atoms with Crippen LogP contribution in [0.5, 0.6) is 5.75 Å². The number of fused-ring (bicyclic) bond motifs is 1. The van der Waals surface area contributed by atoms with Crippen LogP contribution in [-0.4, -0.2) is 57.7 Å². The zero-order chi connectivity index (χ0) is 26.9. The van der Waals surface area contributed by atoms with Gasteiger partial charge in [-0.25, -0.2) is 15.0 Å². The number of hydrogen-bond donors (Lipinski definition) is 0. The molecule has 1 aliphatic rings. The third-order valence-corrected chi connectivity index (χ3v) is 7.05. The molecule has 0 amide bonds. The standard InChI is InChI=1S/C27H27F2N5O4.Na/c1-17-21(13-18-5-3-4-6-22(18)38-25(28)29)34-16-19(7-8-23(34)32-17)20-14-30-26(31-15-20)33-11-9-27(37-2,10-12-33)24(35)36;/h3-8,14-16,25H,9-13H2,1-2H3,(H,35,36);/q;+1/p-1. The van der Waals surface area contributed by atoms with E-state index < -0.39 is 18.2 Å². The van der Waals surface area contributed by atoms with Gasteiger partial charge in [0.15, 0.2) is 0 Å². The van der Waals surface area contributed by atoms with Crippen LogP contribution in [0.1, 0.15) is 29.8 Å². The van der Waals surface area contributed by atoms with Crippen molar-refractivity contribution in [1.29, 1.82) is 0 Å². The van der Waals surface area contributed by atoms with Gasteiger partial charge in [-0.05, 0) is 38.0 Å². The van der Waals surface area contributed by atoms with Crippen molar-refractivity contribution in [2.45, 2.75) is 38.4 Å². The predicted octanol–water partition coefficient (Wildman–Crippen LogP) is 0.0312. The summed E-state index contributed by atoms with van der Waals surface area (Å²) in [7, 11) is 1.39. The first-order valence-electron chi connectivity index (χ1n) is 12.1. The molecule has 198 valence electrons. The van der Waals surface area contributed by atoms with E-state index in [0.717, 1.165) is 28.2 Å². The number of aromatic nitrogens is 4. The number of para-hydroxylation sites is 1. The maximum atomic E-state index is 12.9. The molecule has 39 heavy (non-hydrogen) atoms. The molecule has 1 fully saturated rings. The number of imidazole rings is 1. The van der Waals surface area contributed by atoms with Crippen LogP contribution in [0.2, 0.25) is 0 Å². The number of aliphatic carboxylic acids is 1. The first kappa shape index (κ1) is 28.9. The Morgan fingerprint density at radius 3 is 2.44 bits per heavy atom. The molecule has 0 atom stereocenters. The Morgan fingerprint density at radius 1 is 1.10 bits per heavy atom. The van der Waals surface area contributed by atoms with Crippen LogP contribution in [0.4, 0.5) is 14.7 Å². The van der Waals surface area contributed by atoms with E-state index in [1.165, 1.54) is 13.2 Å². The first-order valence-corrected chi connectivity index (χ1v) is 12.1. The molecule has 1 saturated heterocycles. The third-order valence-electron chi connectivity index (χ3n) is 7.05. The fourth-order valence-electron chi connectivity index (χ4n) is 4.83. The van der Waals surface area contributed by atoms with E-state index in [9.17, 15) is 18.7 Å². The molecule has 0 unspecified atom stereocenters. The third kappa shape index (κ3) is 5.91. The molecule has 1 aromatic carbocycles. The monoisotopic (exact) mass is 545 g/mol. The van der Waals surface area contributed by atoms with Crippen LogP contribution in [-0.2, 0) is 16.0 Å². The number of anilines is 1. The van der Waals surface area contributed by atoms with E-state index in [1.807, 2.05) is 34.6 Å². The molecule has 3 aromatic heterocycles. The number of nitrogens with zero attached hydrogens (tertiary/aromatic N) is 5. The second-order valence-corrected chi connectivity index (χ2v) is 9.20. The van der Waals surface area contributed by atoms with Crippen LogP contribution in [0.3, 0.4) is 0 Å². The zero-order valence-electron chi connectivity index (χ0n) is 21.9. The van der Waals surface area contributed by atoms with E-state index in [2.05, 4.69) is 15.0 Å². The molecule has 12 heteroatoms. The van der Waals surface area contributed by atoms with Crippen molar-refractivity contribution in [3.63, 3.8) is 0 Å².